The second-order valence-electron chi connectivity index (χ2n) is 12.8. The average molecular weight is 487 g/mol. The molecule has 2 aliphatic rings. The fourth-order valence-corrected chi connectivity index (χ4v) is 7.66. The normalized spacial score (nSPS) is 21.1. The van der Waals surface area contributed by atoms with Crippen molar-refractivity contribution in [2.24, 2.45) is 0 Å². The van der Waals surface area contributed by atoms with Crippen molar-refractivity contribution in [3.8, 4) is 0 Å². The van der Waals surface area contributed by atoms with Crippen LogP contribution in [-0.2, 0) is 10.8 Å². The van der Waals surface area contributed by atoms with Gasteiger partial charge in [0.15, 0.2) is 0 Å². The van der Waals surface area contributed by atoms with E-state index in [0.717, 1.165) is 11.8 Å². The maximum absolute atomic E-state index is 2.60. The number of unbranched alkanes of at least 4 members (excludes halogenated alkanes) is 2. The van der Waals surface area contributed by atoms with Crippen LogP contribution in [0.25, 0.3) is 0 Å². The highest BCUT2D eigenvalue weighted by molar-refractivity contribution is 5.41. The largest absolute Gasteiger partial charge is 0.0654 e. The van der Waals surface area contributed by atoms with Gasteiger partial charge in [-0.1, -0.05) is 140 Å². The summed E-state index contributed by atoms with van der Waals surface area (Å²) in [4.78, 5) is 0. The Bertz CT molecular complexity index is 817. The number of benzene rings is 2. The van der Waals surface area contributed by atoms with E-state index in [1.54, 1.807) is 22.3 Å². The lowest BCUT2D eigenvalue weighted by atomic mass is 9.55. The van der Waals surface area contributed by atoms with Crippen molar-refractivity contribution in [3.05, 3.63) is 70.8 Å². The average Bonchev–Trinajstić information content (AvgIpc) is 2.95. The Kier molecular flexibility index (Phi) is 9.77. The first-order valence-electron chi connectivity index (χ1n) is 15.7. The second-order valence-corrected chi connectivity index (χ2v) is 12.8. The van der Waals surface area contributed by atoms with E-state index in [2.05, 4.69) is 76.2 Å². The van der Waals surface area contributed by atoms with Gasteiger partial charge in [-0.3, -0.25) is 0 Å². The van der Waals surface area contributed by atoms with Crippen molar-refractivity contribution in [3.63, 3.8) is 0 Å². The molecule has 0 saturated heterocycles. The zero-order valence-corrected chi connectivity index (χ0v) is 24.1. The summed E-state index contributed by atoms with van der Waals surface area (Å²) in [5.41, 5.74) is 6.56. The van der Waals surface area contributed by atoms with E-state index >= 15 is 0 Å². The van der Waals surface area contributed by atoms with E-state index < -0.39 is 0 Å². The van der Waals surface area contributed by atoms with Crippen LogP contribution in [-0.4, -0.2) is 0 Å². The van der Waals surface area contributed by atoms with E-state index in [0.29, 0.717) is 0 Å². The third kappa shape index (κ3) is 5.95. The summed E-state index contributed by atoms with van der Waals surface area (Å²) in [5, 5.41) is 0. The number of hydrogen-bond acceptors (Lipinski definition) is 0. The maximum Gasteiger partial charge on any atom is 0.00189 e. The molecule has 198 valence electrons. The van der Waals surface area contributed by atoms with E-state index in [9.17, 15) is 0 Å². The molecule has 0 aromatic heterocycles. The van der Waals surface area contributed by atoms with Crippen molar-refractivity contribution < 1.29 is 0 Å². The first kappa shape index (κ1) is 27.5. The third-order valence-electron chi connectivity index (χ3n) is 10.5. The van der Waals surface area contributed by atoms with Gasteiger partial charge in [-0.2, -0.15) is 0 Å². The highest BCUT2D eigenvalue weighted by Gasteiger charge is 2.46. The topological polar surface area (TPSA) is 0 Å². The molecule has 2 aromatic rings. The van der Waals surface area contributed by atoms with Crippen molar-refractivity contribution >= 4 is 0 Å². The molecule has 36 heavy (non-hydrogen) atoms. The van der Waals surface area contributed by atoms with Gasteiger partial charge < -0.3 is 0 Å². The molecule has 0 heterocycles. The molecule has 0 heteroatoms. The molecule has 0 aliphatic heterocycles. The van der Waals surface area contributed by atoms with Gasteiger partial charge >= 0.3 is 0 Å². The Morgan fingerprint density at radius 3 is 1.17 bits per heavy atom. The van der Waals surface area contributed by atoms with Crippen LogP contribution in [0.4, 0.5) is 0 Å². The minimum atomic E-state index is 0.135. The van der Waals surface area contributed by atoms with Crippen LogP contribution >= 0.6 is 0 Å². The third-order valence-corrected chi connectivity index (χ3v) is 10.5. The zero-order valence-electron chi connectivity index (χ0n) is 24.1. The summed E-state index contributed by atoms with van der Waals surface area (Å²) in [6.07, 6.45) is 21.7. The smallest absolute Gasteiger partial charge is 0.00189 e. The molecule has 2 unspecified atom stereocenters. The quantitative estimate of drug-likeness (QED) is 0.296. The number of hydrogen-bond donors (Lipinski definition) is 0. The molecule has 2 atom stereocenters. The van der Waals surface area contributed by atoms with Gasteiger partial charge in [0.2, 0.25) is 0 Å². The first-order chi connectivity index (χ1) is 17.5. The van der Waals surface area contributed by atoms with Gasteiger partial charge in [-0.25, -0.2) is 0 Å². The Morgan fingerprint density at radius 2 is 0.861 bits per heavy atom. The summed E-state index contributed by atoms with van der Waals surface area (Å²) < 4.78 is 0. The van der Waals surface area contributed by atoms with Crippen molar-refractivity contribution in [1.29, 1.82) is 0 Å². The Morgan fingerprint density at radius 1 is 0.528 bits per heavy atom. The molecular weight excluding hydrogens is 432 g/mol. The summed E-state index contributed by atoms with van der Waals surface area (Å²) in [7, 11) is 0. The van der Waals surface area contributed by atoms with Gasteiger partial charge in [-0.05, 0) is 72.6 Å². The Hall–Kier alpha value is -1.56. The Balaban J connectivity index is 1.68. The van der Waals surface area contributed by atoms with Gasteiger partial charge in [0.05, 0.1) is 0 Å². The summed E-state index contributed by atoms with van der Waals surface area (Å²) in [6.45, 7) is 9.91. The summed E-state index contributed by atoms with van der Waals surface area (Å²) in [6, 6.07) is 20.1. The lowest BCUT2D eigenvalue weighted by Crippen LogP contribution is -2.45. The molecule has 4 rings (SSSR count). The maximum atomic E-state index is 2.60. The van der Waals surface area contributed by atoms with Crippen molar-refractivity contribution in [1.82, 2.24) is 0 Å². The van der Waals surface area contributed by atoms with E-state index in [1.165, 1.54) is 103 Å². The summed E-state index contributed by atoms with van der Waals surface area (Å²) >= 11 is 0. The molecule has 0 amide bonds. The van der Waals surface area contributed by atoms with Crippen LogP contribution in [0.2, 0.25) is 0 Å². The van der Waals surface area contributed by atoms with Gasteiger partial charge in [-0.15, -0.1) is 0 Å². The SMILES string of the molecule is CCCCC(C)(c1ccc(C2CCCCC2)cc1)C(C)(CCCC)c1ccc(C2CCCCC2)cc1. The predicted molar refractivity (Wildman–Crippen MR) is 158 cm³/mol. The standard InChI is InChI=1S/C36H54/c1-5-7-27-35(3,33-23-19-31(20-24-33)29-15-11-9-12-16-29)36(4,28-8-6-2)34-25-21-32(22-26-34)30-17-13-10-14-18-30/h19-26,29-30H,5-18,27-28H2,1-4H3. The first-order valence-corrected chi connectivity index (χ1v) is 15.7. The molecular formula is C36H54. The van der Waals surface area contributed by atoms with E-state index in [-0.39, 0.29) is 10.8 Å². The minimum absolute atomic E-state index is 0.135. The molecule has 0 N–H and O–H groups in total. The van der Waals surface area contributed by atoms with Gasteiger partial charge in [0.1, 0.15) is 0 Å². The second kappa shape index (κ2) is 12.8. The highest BCUT2D eigenvalue weighted by atomic mass is 14.5. The highest BCUT2D eigenvalue weighted by Crippen LogP contribution is 2.51. The molecule has 0 bridgehead atoms. The van der Waals surface area contributed by atoms with Crippen LogP contribution in [0, 0.1) is 0 Å². The van der Waals surface area contributed by atoms with Crippen LogP contribution in [0.5, 0.6) is 0 Å². The van der Waals surface area contributed by atoms with Crippen LogP contribution in [0.15, 0.2) is 48.5 Å². The number of rotatable bonds is 11. The molecule has 2 aliphatic carbocycles. The monoisotopic (exact) mass is 486 g/mol. The van der Waals surface area contributed by atoms with E-state index in [1.807, 2.05) is 0 Å². The summed E-state index contributed by atoms with van der Waals surface area (Å²) in [5.74, 6) is 1.57. The lowest BCUT2D eigenvalue weighted by Gasteiger charge is -2.49. The van der Waals surface area contributed by atoms with Gasteiger partial charge in [0, 0.05) is 10.8 Å². The van der Waals surface area contributed by atoms with Crippen LogP contribution in [0.3, 0.4) is 0 Å². The molecule has 2 saturated carbocycles. The fourth-order valence-electron chi connectivity index (χ4n) is 7.66. The van der Waals surface area contributed by atoms with Crippen molar-refractivity contribution in [2.75, 3.05) is 0 Å². The lowest BCUT2D eigenvalue weighted by molar-refractivity contribution is 0.210. The molecule has 0 radical (unpaired) electrons. The molecule has 2 aromatic carbocycles. The van der Waals surface area contributed by atoms with Crippen LogP contribution in [0.1, 0.15) is 165 Å². The predicted octanol–water partition coefficient (Wildman–Crippen LogP) is 11.4. The zero-order chi connectivity index (χ0) is 25.4. The Labute approximate surface area is 223 Å². The van der Waals surface area contributed by atoms with E-state index in [4.69, 9.17) is 0 Å². The molecule has 2 fully saturated rings. The van der Waals surface area contributed by atoms with Crippen LogP contribution < -0.4 is 0 Å². The molecule has 0 nitrogen and oxygen atoms in total. The fraction of sp³-hybridized carbons (Fsp3) is 0.667. The molecule has 0 spiro atoms. The van der Waals surface area contributed by atoms with Gasteiger partial charge in [0.25, 0.3) is 0 Å². The van der Waals surface area contributed by atoms with Crippen molar-refractivity contribution in [2.45, 2.75) is 153 Å². The minimum Gasteiger partial charge on any atom is -0.0654 e.